The average Bonchev–Trinajstić information content (AvgIpc) is 3.11. The number of ether oxygens (including phenoxy) is 1. The van der Waals surface area contributed by atoms with Gasteiger partial charge in [0.1, 0.15) is 5.75 Å². The molecule has 3 rings (SSSR count). The summed E-state index contributed by atoms with van der Waals surface area (Å²) in [6.07, 6.45) is 1.62. The fourth-order valence-electron chi connectivity index (χ4n) is 3.46. The number of hydrogen-bond acceptors (Lipinski definition) is 3. The monoisotopic (exact) mass is 378 g/mol. The molecule has 3 aromatic rings. The summed E-state index contributed by atoms with van der Waals surface area (Å²) < 4.78 is 5.34. The Labute approximate surface area is 165 Å². The zero-order valence-corrected chi connectivity index (χ0v) is 16.6. The lowest BCUT2D eigenvalue weighted by atomic mass is 10.0. The van der Waals surface area contributed by atoms with E-state index < -0.39 is 11.7 Å². The second-order valence-electron chi connectivity index (χ2n) is 6.77. The summed E-state index contributed by atoms with van der Waals surface area (Å²) >= 11 is 0. The number of ketones is 1. The molecule has 1 N–H and O–H groups in total. The van der Waals surface area contributed by atoms with Gasteiger partial charge in [-0.2, -0.15) is 0 Å². The van der Waals surface area contributed by atoms with Gasteiger partial charge in [-0.1, -0.05) is 44.2 Å². The minimum atomic E-state index is -0.486. The summed E-state index contributed by atoms with van der Waals surface area (Å²) in [5.74, 6) is -0.295. The van der Waals surface area contributed by atoms with Gasteiger partial charge in [-0.25, -0.2) is 0 Å². The molecule has 5 nitrogen and oxygen atoms in total. The molecule has 2 aromatic carbocycles. The van der Waals surface area contributed by atoms with Gasteiger partial charge >= 0.3 is 0 Å². The van der Waals surface area contributed by atoms with Crippen molar-refractivity contribution in [3.8, 4) is 17.0 Å². The van der Waals surface area contributed by atoms with Crippen LogP contribution in [0.1, 0.15) is 37.0 Å². The number of aromatic amines is 1. The van der Waals surface area contributed by atoms with Crippen molar-refractivity contribution in [1.82, 2.24) is 9.88 Å². The second-order valence-corrected chi connectivity index (χ2v) is 6.77. The first-order chi connectivity index (χ1) is 13.6. The van der Waals surface area contributed by atoms with Crippen LogP contribution in [0.25, 0.3) is 22.2 Å². The summed E-state index contributed by atoms with van der Waals surface area (Å²) in [4.78, 5) is 31.4. The van der Waals surface area contributed by atoms with Gasteiger partial charge in [0.2, 0.25) is 0 Å². The standard InChI is InChI=1S/C23H26N2O3/c1-4-13-25(14-5-2)23(27)22(26)20-18-15-17(28-3)11-12-19(18)24-21(20)16-9-7-6-8-10-16/h6-12,15,24H,4-5,13-14H2,1-3H3. The minimum Gasteiger partial charge on any atom is -0.497 e. The molecule has 0 saturated heterocycles. The molecule has 28 heavy (non-hydrogen) atoms. The van der Waals surface area contributed by atoms with Crippen LogP contribution in [-0.4, -0.2) is 41.8 Å². The number of nitrogens with one attached hydrogen (secondary N) is 1. The molecule has 0 unspecified atom stereocenters. The van der Waals surface area contributed by atoms with E-state index in [1.165, 1.54) is 0 Å². The predicted octanol–water partition coefficient (Wildman–Crippen LogP) is 4.67. The number of nitrogens with zero attached hydrogens (tertiary/aromatic N) is 1. The quantitative estimate of drug-likeness (QED) is 0.457. The van der Waals surface area contributed by atoms with Crippen LogP contribution >= 0.6 is 0 Å². The number of Topliss-reactive ketones (excluding diaryl/α,β-unsaturated/α-hetero) is 1. The van der Waals surface area contributed by atoms with Crippen LogP contribution in [0.2, 0.25) is 0 Å². The number of hydrogen-bond donors (Lipinski definition) is 1. The van der Waals surface area contributed by atoms with Crippen molar-refractivity contribution in [2.45, 2.75) is 26.7 Å². The molecule has 0 spiro atoms. The summed E-state index contributed by atoms with van der Waals surface area (Å²) in [5, 5.41) is 0.699. The summed E-state index contributed by atoms with van der Waals surface area (Å²) in [6.45, 7) is 5.16. The van der Waals surface area contributed by atoms with E-state index in [0.29, 0.717) is 35.5 Å². The molecule has 0 fully saturated rings. The van der Waals surface area contributed by atoms with Crippen LogP contribution in [-0.2, 0) is 4.79 Å². The maximum atomic E-state index is 13.4. The Balaban J connectivity index is 2.16. The van der Waals surface area contributed by atoms with Crippen molar-refractivity contribution in [3.63, 3.8) is 0 Å². The Hall–Kier alpha value is -3.08. The van der Waals surface area contributed by atoms with Crippen molar-refractivity contribution in [3.05, 3.63) is 54.1 Å². The molecule has 1 heterocycles. The van der Waals surface area contributed by atoms with Gasteiger partial charge in [0, 0.05) is 24.0 Å². The Morgan fingerprint density at radius 2 is 1.68 bits per heavy atom. The molecule has 0 atom stereocenters. The highest BCUT2D eigenvalue weighted by atomic mass is 16.5. The molecule has 0 radical (unpaired) electrons. The third-order valence-electron chi connectivity index (χ3n) is 4.76. The van der Waals surface area contributed by atoms with Crippen molar-refractivity contribution in [2.24, 2.45) is 0 Å². The van der Waals surface area contributed by atoms with Crippen LogP contribution in [0.4, 0.5) is 0 Å². The maximum absolute atomic E-state index is 13.4. The lowest BCUT2D eigenvalue weighted by Gasteiger charge is -2.20. The molecule has 0 aliphatic carbocycles. The van der Waals surface area contributed by atoms with Gasteiger partial charge in [-0.3, -0.25) is 9.59 Å². The Kier molecular flexibility index (Phi) is 6.14. The lowest BCUT2D eigenvalue weighted by molar-refractivity contribution is -0.126. The number of H-pyrrole nitrogens is 1. The summed E-state index contributed by atoms with van der Waals surface area (Å²) in [7, 11) is 1.59. The largest absolute Gasteiger partial charge is 0.497 e. The first-order valence-electron chi connectivity index (χ1n) is 9.69. The van der Waals surface area contributed by atoms with Crippen LogP contribution in [0.15, 0.2) is 48.5 Å². The average molecular weight is 378 g/mol. The number of benzene rings is 2. The van der Waals surface area contributed by atoms with E-state index in [-0.39, 0.29) is 0 Å². The van der Waals surface area contributed by atoms with E-state index in [2.05, 4.69) is 4.98 Å². The van der Waals surface area contributed by atoms with Gasteiger partial charge in [-0.05, 0) is 36.6 Å². The third kappa shape index (κ3) is 3.79. The number of fused-ring (bicyclic) bond motifs is 1. The SMILES string of the molecule is CCCN(CCC)C(=O)C(=O)c1c(-c2ccccc2)[nH]c2ccc(OC)cc12. The van der Waals surface area contributed by atoms with Crippen molar-refractivity contribution >= 4 is 22.6 Å². The molecular weight excluding hydrogens is 352 g/mol. The lowest BCUT2D eigenvalue weighted by Crippen LogP contribution is -2.37. The van der Waals surface area contributed by atoms with Gasteiger partial charge in [0.05, 0.1) is 18.4 Å². The normalized spacial score (nSPS) is 10.8. The van der Waals surface area contributed by atoms with Crippen LogP contribution in [0.3, 0.4) is 0 Å². The number of carbonyl (C=O) groups excluding carboxylic acids is 2. The topological polar surface area (TPSA) is 62.4 Å². The van der Waals surface area contributed by atoms with Gasteiger partial charge in [-0.15, -0.1) is 0 Å². The number of aromatic nitrogens is 1. The second kappa shape index (κ2) is 8.74. The van der Waals surface area contributed by atoms with E-state index in [4.69, 9.17) is 4.74 Å². The van der Waals surface area contributed by atoms with E-state index in [0.717, 1.165) is 23.9 Å². The molecule has 0 saturated carbocycles. The fraction of sp³-hybridized carbons (Fsp3) is 0.304. The van der Waals surface area contributed by atoms with Crippen LogP contribution < -0.4 is 4.74 Å². The zero-order valence-electron chi connectivity index (χ0n) is 16.6. The molecular formula is C23H26N2O3. The van der Waals surface area contributed by atoms with Gasteiger partial charge < -0.3 is 14.6 Å². The fourth-order valence-corrected chi connectivity index (χ4v) is 3.46. The van der Waals surface area contributed by atoms with Crippen molar-refractivity contribution in [1.29, 1.82) is 0 Å². The first-order valence-corrected chi connectivity index (χ1v) is 9.69. The summed E-state index contributed by atoms with van der Waals surface area (Å²) in [5.41, 5.74) is 2.73. The molecule has 1 aromatic heterocycles. The Morgan fingerprint density at radius 3 is 2.29 bits per heavy atom. The van der Waals surface area contributed by atoms with Gasteiger partial charge in [0.25, 0.3) is 11.7 Å². The first kappa shape index (κ1) is 19.7. The molecule has 146 valence electrons. The highest BCUT2D eigenvalue weighted by Gasteiger charge is 2.28. The summed E-state index contributed by atoms with van der Waals surface area (Å²) in [6, 6.07) is 15.1. The Bertz CT molecular complexity index is 970. The number of rotatable bonds is 8. The number of methoxy groups -OCH3 is 1. The molecule has 0 bridgehead atoms. The van der Waals surface area contributed by atoms with Crippen LogP contribution in [0.5, 0.6) is 5.75 Å². The van der Waals surface area contributed by atoms with E-state index >= 15 is 0 Å². The van der Waals surface area contributed by atoms with Crippen molar-refractivity contribution < 1.29 is 14.3 Å². The number of amides is 1. The third-order valence-corrected chi connectivity index (χ3v) is 4.76. The van der Waals surface area contributed by atoms with E-state index in [1.807, 2.05) is 62.4 Å². The maximum Gasteiger partial charge on any atom is 0.295 e. The zero-order chi connectivity index (χ0) is 20.1. The Morgan fingerprint density at radius 1 is 1.00 bits per heavy atom. The molecule has 5 heteroatoms. The van der Waals surface area contributed by atoms with E-state index in [9.17, 15) is 9.59 Å². The highest BCUT2D eigenvalue weighted by Crippen LogP contribution is 2.33. The van der Waals surface area contributed by atoms with E-state index in [1.54, 1.807) is 12.0 Å². The van der Waals surface area contributed by atoms with Crippen LogP contribution in [0, 0.1) is 0 Å². The minimum absolute atomic E-state index is 0.405. The molecule has 0 aliphatic rings. The smallest absolute Gasteiger partial charge is 0.295 e. The number of carbonyl (C=O) groups is 2. The predicted molar refractivity (Wildman–Crippen MR) is 112 cm³/mol. The van der Waals surface area contributed by atoms with Crippen molar-refractivity contribution in [2.75, 3.05) is 20.2 Å². The molecule has 0 aliphatic heterocycles. The van der Waals surface area contributed by atoms with Gasteiger partial charge in [0.15, 0.2) is 0 Å². The highest BCUT2D eigenvalue weighted by molar-refractivity contribution is 6.46. The molecule has 1 amide bonds.